The summed E-state index contributed by atoms with van der Waals surface area (Å²) in [6, 6.07) is 0. The Balaban J connectivity index is 1.69. The van der Waals surface area contributed by atoms with E-state index in [1.165, 1.54) is 25.7 Å². The van der Waals surface area contributed by atoms with Crippen LogP contribution in [0.15, 0.2) is 0 Å². The van der Waals surface area contributed by atoms with Gasteiger partial charge in [-0.1, -0.05) is 6.42 Å². The van der Waals surface area contributed by atoms with Crippen molar-refractivity contribution >= 4 is 18.2 Å². The summed E-state index contributed by atoms with van der Waals surface area (Å²) in [5.41, 5.74) is 0. The van der Waals surface area contributed by atoms with E-state index in [2.05, 4.69) is 22.1 Å². The van der Waals surface area contributed by atoms with Crippen LogP contribution >= 0.6 is 12.2 Å². The van der Waals surface area contributed by atoms with Gasteiger partial charge < -0.3 is 4.90 Å². The van der Waals surface area contributed by atoms with Gasteiger partial charge in [-0.05, 0) is 49.2 Å². The minimum atomic E-state index is 0.694. The van der Waals surface area contributed by atoms with Gasteiger partial charge in [0.25, 0.3) is 0 Å². The molecule has 2 fully saturated rings. The van der Waals surface area contributed by atoms with Gasteiger partial charge in [0.15, 0.2) is 4.77 Å². The summed E-state index contributed by atoms with van der Waals surface area (Å²) in [6.07, 6.45) is 5.81. The predicted octanol–water partition coefficient (Wildman–Crippen LogP) is 2.35. The van der Waals surface area contributed by atoms with Crippen molar-refractivity contribution in [2.75, 3.05) is 18.5 Å². The molecule has 0 aliphatic heterocycles. The zero-order valence-corrected chi connectivity index (χ0v) is 11.3. The van der Waals surface area contributed by atoms with Crippen LogP contribution in [0.25, 0.3) is 0 Å². The molecule has 2 aliphatic rings. The number of rotatable bonds is 3. The lowest BCUT2D eigenvalue weighted by Gasteiger charge is -2.27. The van der Waals surface area contributed by atoms with Gasteiger partial charge in [0.1, 0.15) is 0 Å². The zero-order valence-electron chi connectivity index (χ0n) is 10.5. The quantitative estimate of drug-likeness (QED) is 0.839. The van der Waals surface area contributed by atoms with E-state index in [0.717, 1.165) is 30.2 Å². The minimum Gasteiger partial charge on any atom is -0.344 e. The van der Waals surface area contributed by atoms with Gasteiger partial charge in [-0.2, -0.15) is 0 Å². The van der Waals surface area contributed by atoms with Crippen LogP contribution in [0.4, 0.5) is 5.95 Å². The fraction of sp³-hybridized carbons (Fsp3) is 0.833. The maximum absolute atomic E-state index is 5.15. The van der Waals surface area contributed by atoms with Crippen molar-refractivity contribution in [1.29, 1.82) is 0 Å². The number of fused-ring (bicyclic) bond motifs is 2. The third kappa shape index (κ3) is 1.90. The maximum Gasteiger partial charge on any atom is 0.225 e. The van der Waals surface area contributed by atoms with Crippen LogP contribution < -0.4 is 4.90 Å². The van der Waals surface area contributed by atoms with E-state index in [1.807, 2.05) is 11.6 Å². The van der Waals surface area contributed by atoms with E-state index >= 15 is 0 Å². The summed E-state index contributed by atoms with van der Waals surface area (Å²) in [5, 5.41) is 7.14. The first-order chi connectivity index (χ1) is 8.15. The molecule has 0 radical (unpaired) electrons. The zero-order chi connectivity index (χ0) is 12.0. The van der Waals surface area contributed by atoms with Gasteiger partial charge in [0.05, 0.1) is 0 Å². The van der Waals surface area contributed by atoms with Gasteiger partial charge in [-0.15, -0.1) is 5.10 Å². The van der Waals surface area contributed by atoms with Crippen LogP contribution in [0.5, 0.6) is 0 Å². The third-order valence-electron chi connectivity index (χ3n) is 4.59. The van der Waals surface area contributed by atoms with Crippen LogP contribution in [0.1, 0.15) is 25.7 Å². The molecule has 17 heavy (non-hydrogen) atoms. The number of H-pyrrole nitrogens is 1. The lowest BCUT2D eigenvalue weighted by atomic mass is 9.88. The molecule has 2 aliphatic carbocycles. The fourth-order valence-corrected chi connectivity index (χ4v) is 3.84. The monoisotopic (exact) mass is 252 g/mol. The molecule has 3 rings (SSSR count). The molecule has 5 heteroatoms. The molecule has 1 aromatic rings. The number of aromatic nitrogens is 3. The lowest BCUT2D eigenvalue weighted by molar-refractivity contribution is 0.336. The number of anilines is 1. The van der Waals surface area contributed by atoms with Gasteiger partial charge in [0.2, 0.25) is 5.95 Å². The second-order valence-electron chi connectivity index (χ2n) is 5.70. The molecule has 2 bridgehead atoms. The van der Waals surface area contributed by atoms with E-state index < -0.39 is 0 Å². The van der Waals surface area contributed by atoms with Gasteiger partial charge >= 0.3 is 0 Å². The van der Waals surface area contributed by atoms with Gasteiger partial charge in [-0.25, -0.2) is 5.10 Å². The highest BCUT2D eigenvalue weighted by molar-refractivity contribution is 7.71. The topological polar surface area (TPSA) is 36.9 Å². The first-order valence-electron chi connectivity index (χ1n) is 6.47. The molecule has 0 aromatic carbocycles. The molecule has 94 valence electrons. The number of nitrogens with zero attached hydrogens (tertiary/aromatic N) is 3. The van der Waals surface area contributed by atoms with E-state index in [9.17, 15) is 0 Å². The van der Waals surface area contributed by atoms with Gasteiger partial charge in [-0.3, -0.25) is 4.57 Å². The van der Waals surface area contributed by atoms with Crippen LogP contribution in [0.2, 0.25) is 0 Å². The second-order valence-corrected chi connectivity index (χ2v) is 6.09. The molecule has 0 amide bonds. The molecule has 1 aromatic heterocycles. The van der Waals surface area contributed by atoms with E-state index in [-0.39, 0.29) is 0 Å². The van der Waals surface area contributed by atoms with Crippen molar-refractivity contribution in [3.8, 4) is 0 Å². The Morgan fingerprint density at radius 2 is 2.29 bits per heavy atom. The highest BCUT2D eigenvalue weighted by Crippen LogP contribution is 2.48. The first-order valence-corrected chi connectivity index (χ1v) is 6.88. The van der Waals surface area contributed by atoms with Crippen molar-refractivity contribution in [2.24, 2.45) is 24.8 Å². The number of hydrogen-bond acceptors (Lipinski definition) is 3. The standard InChI is InChI=1S/C12H20N4S/c1-15(11-13-14-12(17)16(11)2)7-10-6-8-3-4-9(10)5-8/h8-10H,3-7H2,1-2H3,(H,14,17). The molecule has 2 saturated carbocycles. The first kappa shape index (κ1) is 11.3. The van der Waals surface area contributed by atoms with Crippen molar-refractivity contribution in [2.45, 2.75) is 25.7 Å². The summed E-state index contributed by atoms with van der Waals surface area (Å²) in [6.45, 7) is 1.12. The molecular weight excluding hydrogens is 232 g/mol. The summed E-state index contributed by atoms with van der Waals surface area (Å²) < 4.78 is 2.64. The Morgan fingerprint density at radius 3 is 2.82 bits per heavy atom. The SMILES string of the molecule is CN(CC1CC2CCC1C2)c1n[nH]c(=S)n1C. The predicted molar refractivity (Wildman–Crippen MR) is 70.6 cm³/mol. The maximum atomic E-state index is 5.15. The average molecular weight is 252 g/mol. The molecule has 0 spiro atoms. The number of hydrogen-bond donors (Lipinski definition) is 1. The second kappa shape index (κ2) is 4.12. The van der Waals surface area contributed by atoms with Crippen LogP contribution in [-0.4, -0.2) is 28.4 Å². The largest absolute Gasteiger partial charge is 0.344 e. The normalized spacial score (nSPS) is 31.1. The van der Waals surface area contributed by atoms with Crippen molar-refractivity contribution < 1.29 is 0 Å². The van der Waals surface area contributed by atoms with Crippen LogP contribution in [0, 0.1) is 22.5 Å². The van der Waals surface area contributed by atoms with Gasteiger partial charge in [0, 0.05) is 20.6 Å². The van der Waals surface area contributed by atoms with E-state index in [0.29, 0.717) is 4.77 Å². The van der Waals surface area contributed by atoms with E-state index in [4.69, 9.17) is 12.2 Å². The average Bonchev–Trinajstić information content (AvgIpc) is 2.96. The third-order valence-corrected chi connectivity index (χ3v) is 4.96. The van der Waals surface area contributed by atoms with E-state index in [1.54, 1.807) is 0 Å². The Hall–Kier alpha value is -0.840. The summed E-state index contributed by atoms with van der Waals surface area (Å²) in [4.78, 5) is 2.25. The summed E-state index contributed by atoms with van der Waals surface area (Å²) in [7, 11) is 4.09. The Bertz CT molecular complexity index is 463. The van der Waals surface area contributed by atoms with Crippen molar-refractivity contribution in [1.82, 2.24) is 14.8 Å². The van der Waals surface area contributed by atoms with Crippen LogP contribution in [-0.2, 0) is 7.05 Å². The molecule has 1 N–H and O–H groups in total. The molecule has 1 heterocycles. The molecule has 3 unspecified atom stereocenters. The molecule has 0 saturated heterocycles. The molecule has 3 atom stereocenters. The van der Waals surface area contributed by atoms with Crippen molar-refractivity contribution in [3.63, 3.8) is 0 Å². The summed E-state index contributed by atoms with van der Waals surface area (Å²) in [5.74, 6) is 3.80. The Morgan fingerprint density at radius 1 is 1.47 bits per heavy atom. The van der Waals surface area contributed by atoms with Crippen LogP contribution in [0.3, 0.4) is 0 Å². The highest BCUT2D eigenvalue weighted by Gasteiger charge is 2.39. The summed E-state index contributed by atoms with van der Waals surface area (Å²) >= 11 is 5.15. The highest BCUT2D eigenvalue weighted by atomic mass is 32.1. The smallest absolute Gasteiger partial charge is 0.225 e. The Labute approximate surface area is 107 Å². The van der Waals surface area contributed by atoms with Crippen molar-refractivity contribution in [3.05, 3.63) is 4.77 Å². The number of nitrogens with one attached hydrogen (secondary N) is 1. The minimum absolute atomic E-state index is 0.694. The lowest BCUT2D eigenvalue weighted by Crippen LogP contribution is -2.30. The Kier molecular flexibility index (Phi) is 2.73. The number of aromatic amines is 1. The molecule has 4 nitrogen and oxygen atoms in total. The fourth-order valence-electron chi connectivity index (χ4n) is 3.71. The molecular formula is C12H20N4S.